The molecule has 0 fully saturated rings. The van der Waals surface area contributed by atoms with Crippen LogP contribution in [0, 0.1) is 11.8 Å². The maximum absolute atomic E-state index is 2.67. The summed E-state index contributed by atoms with van der Waals surface area (Å²) in [6, 6.07) is 18.8. The molecule has 2 unspecified atom stereocenters. The first-order valence-corrected chi connectivity index (χ1v) is 26.9. The monoisotopic (exact) mass is 905 g/mol. The minimum atomic E-state index is 0.396. The topological polar surface area (TPSA) is 0 Å². The molecule has 0 spiro atoms. The maximum atomic E-state index is 2.67. The number of fused-ring (bicyclic) bond motifs is 4. The second-order valence-corrected chi connectivity index (χ2v) is 21.0. The van der Waals surface area contributed by atoms with E-state index in [0.29, 0.717) is 11.8 Å². The van der Waals surface area contributed by atoms with E-state index < -0.39 is 0 Å². The van der Waals surface area contributed by atoms with Crippen LogP contribution in [-0.2, 0) is 0 Å². The number of hydrogen-bond donors (Lipinski definition) is 0. The summed E-state index contributed by atoms with van der Waals surface area (Å²) in [6.07, 6.45) is 71.6. The van der Waals surface area contributed by atoms with Gasteiger partial charge in [-0.25, -0.2) is 0 Å². The van der Waals surface area contributed by atoms with E-state index in [0.717, 1.165) is 103 Å². The molecule has 344 valence electrons. The molecule has 9 aliphatic carbocycles. The van der Waals surface area contributed by atoms with Gasteiger partial charge in [-0.15, -0.1) is 0 Å². The highest BCUT2D eigenvalue weighted by Crippen LogP contribution is 2.41. The van der Waals surface area contributed by atoms with E-state index in [1.165, 1.54) is 120 Å². The molecule has 0 aromatic heterocycles. The Hall–Kier alpha value is -6.76. The molecule has 0 bridgehead atoms. The predicted octanol–water partition coefficient (Wildman–Crippen LogP) is 15.7. The van der Waals surface area contributed by atoms with Crippen molar-refractivity contribution >= 4 is 68.1 Å². The molecule has 0 radical (unpaired) electrons. The third-order valence-electron chi connectivity index (χ3n) is 17.0. The van der Waals surface area contributed by atoms with Gasteiger partial charge in [-0.2, -0.15) is 0 Å². The van der Waals surface area contributed by atoms with Gasteiger partial charge >= 0.3 is 0 Å². The van der Waals surface area contributed by atoms with E-state index >= 15 is 0 Å². The fourth-order valence-corrected chi connectivity index (χ4v) is 13.4. The van der Waals surface area contributed by atoms with E-state index in [2.05, 4.69) is 182 Å². The van der Waals surface area contributed by atoms with Gasteiger partial charge < -0.3 is 0 Å². The van der Waals surface area contributed by atoms with Crippen molar-refractivity contribution < 1.29 is 0 Å². The molecule has 4 aromatic carbocycles. The highest BCUT2D eigenvalue weighted by atomic mass is 14.3. The molecule has 0 saturated heterocycles. The second-order valence-electron chi connectivity index (χ2n) is 21.0. The minimum absolute atomic E-state index is 0.396. The lowest BCUT2D eigenvalue weighted by molar-refractivity contribution is 0.827. The zero-order valence-corrected chi connectivity index (χ0v) is 40.8. The van der Waals surface area contributed by atoms with Crippen LogP contribution in [-0.4, -0.2) is 0 Å². The Balaban J connectivity index is 0.969. The maximum Gasteiger partial charge on any atom is 0.00589 e. The van der Waals surface area contributed by atoms with E-state index in [4.69, 9.17) is 0 Å². The molecule has 0 saturated carbocycles. The van der Waals surface area contributed by atoms with Gasteiger partial charge in [0.25, 0.3) is 0 Å². The lowest BCUT2D eigenvalue weighted by Gasteiger charge is -2.27. The first-order chi connectivity index (χ1) is 34.7. The van der Waals surface area contributed by atoms with Gasteiger partial charge in [0.05, 0.1) is 0 Å². The van der Waals surface area contributed by atoms with Gasteiger partial charge in [0.1, 0.15) is 0 Å². The van der Waals surface area contributed by atoms with Crippen molar-refractivity contribution in [1.82, 2.24) is 0 Å². The highest BCUT2D eigenvalue weighted by Gasteiger charge is 2.27. The fourth-order valence-electron chi connectivity index (χ4n) is 13.4. The van der Waals surface area contributed by atoms with Crippen molar-refractivity contribution in [2.75, 3.05) is 0 Å². The van der Waals surface area contributed by atoms with Crippen LogP contribution in [0.3, 0.4) is 0 Å². The lowest BCUT2D eigenvalue weighted by Crippen LogP contribution is -2.37. The predicted molar refractivity (Wildman–Crippen MR) is 302 cm³/mol. The summed E-state index contributed by atoms with van der Waals surface area (Å²) in [5.74, 6) is 0.792. The summed E-state index contributed by atoms with van der Waals surface area (Å²) in [6.45, 7) is 0. The van der Waals surface area contributed by atoms with Crippen LogP contribution in [0.1, 0.15) is 125 Å². The average Bonchev–Trinajstić information content (AvgIpc) is 3.44. The van der Waals surface area contributed by atoms with Crippen molar-refractivity contribution in [3.05, 3.63) is 234 Å². The van der Waals surface area contributed by atoms with E-state index in [1.54, 1.807) is 0 Å². The largest absolute Gasteiger partial charge is 0.0842 e. The number of rotatable bonds is 8. The molecule has 0 amide bonds. The zero-order valence-electron chi connectivity index (χ0n) is 40.8. The molecule has 0 heteroatoms. The summed E-state index contributed by atoms with van der Waals surface area (Å²) < 4.78 is 0. The molecule has 2 atom stereocenters. The first-order valence-electron chi connectivity index (χ1n) is 26.9. The van der Waals surface area contributed by atoms with Crippen LogP contribution in [0.4, 0.5) is 0 Å². The van der Waals surface area contributed by atoms with Crippen molar-refractivity contribution in [3.8, 4) is 0 Å². The molecule has 9 aliphatic rings. The number of allylic oxidation sites excluding steroid dienone is 28. The van der Waals surface area contributed by atoms with E-state index in [9.17, 15) is 0 Å². The Kier molecular flexibility index (Phi) is 11.7. The average molecular weight is 905 g/mol. The molecular formula is C70H64. The van der Waals surface area contributed by atoms with Crippen molar-refractivity contribution in [2.45, 2.75) is 103 Å². The van der Waals surface area contributed by atoms with Crippen LogP contribution in [0.5, 0.6) is 0 Å². The minimum Gasteiger partial charge on any atom is -0.0842 e. The summed E-state index contributed by atoms with van der Waals surface area (Å²) in [5, 5.41) is 11.4. The standard InChI is InChI=1S/C70H64/c1-5-17-47(18-6-1)51-29-33-55(34-30-51)69-61-27-15-13-25-59(61)67(63-43-41-57(45-65(63)69)49-21-9-3-10-22-49)53-37-39-54(40-38-53)68-60-26-14-16-28-62(60)70(56-35-31-52(32-36-56)48-19-7-2-8-20-48)66-46-58(42-44-64(66)68)50-23-11-4-12-24-50/h1-2,5,7,9,11,13-17,19,21-29,31,33,35,37,39,43-46,57-58H,3-4,6,8,10,12,18,20,30,32,34,36,38,40-42H2. The van der Waals surface area contributed by atoms with Gasteiger partial charge in [-0.05, 0) is 223 Å². The van der Waals surface area contributed by atoms with Gasteiger partial charge in [-0.3, -0.25) is 0 Å². The van der Waals surface area contributed by atoms with Crippen LogP contribution in [0.2, 0.25) is 0 Å². The zero-order chi connectivity index (χ0) is 46.4. The van der Waals surface area contributed by atoms with Gasteiger partial charge in [0.2, 0.25) is 0 Å². The summed E-state index contributed by atoms with van der Waals surface area (Å²) in [4.78, 5) is 0. The molecule has 0 nitrogen and oxygen atoms in total. The molecule has 4 aromatic rings. The Morgan fingerprint density at radius 3 is 0.986 bits per heavy atom. The number of benzene rings is 4. The summed E-state index contributed by atoms with van der Waals surface area (Å²) in [7, 11) is 0. The smallest absolute Gasteiger partial charge is 0.00589 e. The van der Waals surface area contributed by atoms with Crippen LogP contribution in [0.25, 0.3) is 68.1 Å². The van der Waals surface area contributed by atoms with Crippen molar-refractivity contribution in [1.29, 1.82) is 0 Å². The normalized spacial score (nSPS) is 22.7. The Morgan fingerprint density at radius 1 is 0.300 bits per heavy atom. The van der Waals surface area contributed by atoms with Crippen LogP contribution >= 0.6 is 0 Å². The highest BCUT2D eigenvalue weighted by molar-refractivity contribution is 6.05. The lowest BCUT2D eigenvalue weighted by atomic mass is 9.77. The van der Waals surface area contributed by atoms with Gasteiger partial charge in [-0.1, -0.05) is 182 Å². The van der Waals surface area contributed by atoms with Crippen LogP contribution in [0.15, 0.2) is 191 Å². The van der Waals surface area contributed by atoms with E-state index in [-0.39, 0.29) is 0 Å². The molecule has 0 N–H and O–H groups in total. The Bertz CT molecular complexity index is 3390. The summed E-state index contributed by atoms with van der Waals surface area (Å²) >= 11 is 0. The van der Waals surface area contributed by atoms with Gasteiger partial charge in [0.15, 0.2) is 0 Å². The Labute approximate surface area is 415 Å². The fraction of sp³-hybridized carbons (Fsp3) is 0.257. The second kappa shape index (κ2) is 18.9. The molecular weight excluding hydrogens is 841 g/mol. The molecule has 70 heavy (non-hydrogen) atoms. The number of hydrogen-bond acceptors (Lipinski definition) is 0. The first kappa shape index (κ1) is 43.3. The van der Waals surface area contributed by atoms with Crippen molar-refractivity contribution in [3.63, 3.8) is 0 Å². The Morgan fingerprint density at radius 2 is 0.657 bits per heavy atom. The molecule has 0 heterocycles. The molecule has 0 aliphatic heterocycles. The third-order valence-corrected chi connectivity index (χ3v) is 17.0. The van der Waals surface area contributed by atoms with E-state index in [1.807, 2.05) is 0 Å². The quantitative estimate of drug-likeness (QED) is 0.165. The van der Waals surface area contributed by atoms with Crippen molar-refractivity contribution in [2.24, 2.45) is 11.8 Å². The van der Waals surface area contributed by atoms with Crippen LogP contribution < -0.4 is 20.9 Å². The summed E-state index contributed by atoms with van der Waals surface area (Å²) in [5.41, 5.74) is 20.8. The molecule has 13 rings (SSSR count). The third kappa shape index (κ3) is 7.95. The SMILES string of the molecule is C1=CCCC(C2=CC=C(c3c4c(c(C5=CC=C(c6c7c(c(C8=CC=C(C9=CC=CCC9)CC8)c8ccccc68)=CC(C6=CCCC=C6)CC=7)CC5)c5ccccc35)=CCC(C3=CCCC=C3)C=4)CC2)=C1. The van der Waals surface area contributed by atoms with Gasteiger partial charge in [0, 0.05) is 11.8 Å².